The Hall–Kier alpha value is -6.30. The molecule has 0 saturated heterocycles. The Morgan fingerprint density at radius 1 is 0.536 bits per heavy atom. The van der Waals surface area contributed by atoms with Gasteiger partial charge in [0.15, 0.2) is 0 Å². The summed E-state index contributed by atoms with van der Waals surface area (Å²) in [5, 5.41) is 9.06. The molecule has 0 fully saturated rings. The van der Waals surface area contributed by atoms with Crippen LogP contribution in [0.3, 0.4) is 0 Å². The van der Waals surface area contributed by atoms with Crippen LogP contribution in [-0.2, 0) is 5.41 Å². The molecule has 0 saturated carbocycles. The monoisotopic (exact) mass is 736 g/mol. The molecule has 10 aromatic rings. The molecule has 0 spiro atoms. The van der Waals surface area contributed by atoms with Gasteiger partial charge in [-0.05, 0) is 111 Å². The number of thiophene rings is 1. The topological polar surface area (TPSA) is 19.6 Å². The maximum Gasteiger partial charge on any atom is 0.257 e. The number of hydrogen-bond acceptors (Lipinski definition) is 4. The van der Waals surface area contributed by atoms with Gasteiger partial charge in [-0.2, -0.15) is 0 Å². The van der Waals surface area contributed by atoms with E-state index in [-0.39, 0.29) is 12.1 Å². The van der Waals surface area contributed by atoms with Crippen molar-refractivity contribution in [2.45, 2.75) is 33.1 Å². The van der Waals surface area contributed by atoms with Crippen LogP contribution in [0.1, 0.15) is 31.9 Å². The maximum atomic E-state index is 7.09. The van der Waals surface area contributed by atoms with Crippen LogP contribution in [0, 0.1) is 6.92 Å². The zero-order chi connectivity index (χ0) is 37.4. The summed E-state index contributed by atoms with van der Waals surface area (Å²) in [6.45, 7) is 9.07. The van der Waals surface area contributed by atoms with E-state index in [0.717, 1.165) is 22.8 Å². The molecule has 2 aliphatic heterocycles. The molecule has 2 aliphatic rings. The van der Waals surface area contributed by atoms with Gasteiger partial charge in [0, 0.05) is 64.8 Å². The van der Waals surface area contributed by atoms with E-state index in [1.165, 1.54) is 91.7 Å². The first-order chi connectivity index (χ1) is 27.3. The zero-order valence-electron chi connectivity index (χ0n) is 31.7. The van der Waals surface area contributed by atoms with Gasteiger partial charge in [-0.1, -0.05) is 112 Å². The first-order valence-electron chi connectivity index (χ1n) is 19.5. The van der Waals surface area contributed by atoms with Crippen molar-refractivity contribution in [2.24, 2.45) is 0 Å². The Balaban J connectivity index is 1.26. The molecule has 0 unspecified atom stereocenters. The third kappa shape index (κ3) is 4.35. The summed E-state index contributed by atoms with van der Waals surface area (Å²) in [5.41, 5.74) is 13.1. The highest BCUT2D eigenvalue weighted by molar-refractivity contribution is 7.27. The molecule has 266 valence electrons. The van der Waals surface area contributed by atoms with Crippen molar-refractivity contribution in [1.29, 1.82) is 0 Å². The van der Waals surface area contributed by atoms with E-state index in [4.69, 9.17) is 4.42 Å². The van der Waals surface area contributed by atoms with Crippen LogP contribution >= 0.6 is 11.3 Å². The van der Waals surface area contributed by atoms with Crippen molar-refractivity contribution < 1.29 is 4.42 Å². The molecule has 0 N–H and O–H groups in total. The predicted octanol–water partition coefficient (Wildman–Crippen LogP) is 12.8. The molecule has 0 atom stereocenters. The molecule has 12 rings (SSSR count). The van der Waals surface area contributed by atoms with Gasteiger partial charge in [-0.3, -0.25) is 4.90 Å². The van der Waals surface area contributed by atoms with Crippen LogP contribution in [0.2, 0.25) is 0 Å². The summed E-state index contributed by atoms with van der Waals surface area (Å²) < 4.78 is 9.74. The van der Waals surface area contributed by atoms with E-state index in [9.17, 15) is 0 Å². The third-order valence-electron chi connectivity index (χ3n) is 12.2. The third-order valence-corrected chi connectivity index (χ3v) is 13.4. The van der Waals surface area contributed by atoms with Crippen molar-refractivity contribution >= 4 is 121 Å². The van der Waals surface area contributed by atoms with Crippen LogP contribution in [0.15, 0.2) is 156 Å². The Morgan fingerprint density at radius 2 is 1.14 bits per heavy atom. The smallest absolute Gasteiger partial charge is 0.257 e. The Bertz CT molecular complexity index is 3270. The highest BCUT2D eigenvalue weighted by Gasteiger charge is 2.46. The van der Waals surface area contributed by atoms with Gasteiger partial charge < -0.3 is 9.32 Å². The summed E-state index contributed by atoms with van der Waals surface area (Å²) in [5.74, 6) is 0.902. The summed E-state index contributed by atoms with van der Waals surface area (Å²) in [4.78, 5) is 4.90. The zero-order valence-corrected chi connectivity index (χ0v) is 32.5. The lowest BCUT2D eigenvalue weighted by Crippen LogP contribution is -2.61. The number of aryl methyl sites for hydroxylation is 1. The van der Waals surface area contributed by atoms with E-state index in [0.29, 0.717) is 0 Å². The predicted molar refractivity (Wildman–Crippen MR) is 242 cm³/mol. The Morgan fingerprint density at radius 3 is 1.84 bits per heavy atom. The van der Waals surface area contributed by atoms with Gasteiger partial charge in [0.05, 0.1) is 0 Å². The van der Waals surface area contributed by atoms with Crippen molar-refractivity contribution in [3.05, 3.63) is 163 Å². The number of hydrogen-bond donors (Lipinski definition) is 0. The lowest BCUT2D eigenvalue weighted by atomic mass is 9.33. The van der Waals surface area contributed by atoms with Gasteiger partial charge in [-0.15, -0.1) is 11.3 Å². The molecule has 0 amide bonds. The summed E-state index contributed by atoms with van der Waals surface area (Å²) in [6.07, 6.45) is 0. The number of nitrogens with zero attached hydrogens (tertiary/aromatic N) is 2. The van der Waals surface area contributed by atoms with E-state index < -0.39 is 0 Å². The fraction of sp³-hybridized carbons (Fsp3) is 0.0980. The minimum absolute atomic E-state index is 0.0182. The van der Waals surface area contributed by atoms with Crippen molar-refractivity contribution in [1.82, 2.24) is 0 Å². The van der Waals surface area contributed by atoms with Crippen molar-refractivity contribution in [2.75, 3.05) is 9.80 Å². The van der Waals surface area contributed by atoms with Gasteiger partial charge >= 0.3 is 0 Å². The lowest BCUT2D eigenvalue weighted by Gasteiger charge is -2.42. The quantitative estimate of drug-likeness (QED) is 0.130. The molecular weight excluding hydrogens is 699 g/mol. The highest BCUT2D eigenvalue weighted by Crippen LogP contribution is 2.50. The van der Waals surface area contributed by atoms with E-state index in [1.807, 2.05) is 11.3 Å². The summed E-state index contributed by atoms with van der Waals surface area (Å²) in [6, 6.07) is 56.2. The van der Waals surface area contributed by atoms with Crippen LogP contribution in [0.5, 0.6) is 0 Å². The second kappa shape index (κ2) is 11.4. The minimum Gasteiger partial charge on any atom is -0.440 e. The van der Waals surface area contributed by atoms with E-state index in [2.05, 4.69) is 189 Å². The molecule has 2 aromatic heterocycles. The largest absolute Gasteiger partial charge is 0.440 e. The van der Waals surface area contributed by atoms with E-state index in [1.54, 1.807) is 0 Å². The summed E-state index contributed by atoms with van der Waals surface area (Å²) >= 11 is 1.93. The fourth-order valence-electron chi connectivity index (χ4n) is 9.71. The highest BCUT2D eigenvalue weighted by atomic mass is 32.1. The van der Waals surface area contributed by atoms with Crippen LogP contribution in [0.4, 0.5) is 34.3 Å². The van der Waals surface area contributed by atoms with Gasteiger partial charge in [0.1, 0.15) is 5.58 Å². The second-order valence-corrected chi connectivity index (χ2v) is 17.6. The molecular formula is C51H37BN2OS. The molecule has 3 nitrogen and oxygen atoms in total. The molecule has 5 heteroatoms. The van der Waals surface area contributed by atoms with E-state index >= 15 is 0 Å². The van der Waals surface area contributed by atoms with Gasteiger partial charge in [0.2, 0.25) is 5.88 Å². The number of rotatable bonds is 2. The average Bonchev–Trinajstić information content (AvgIpc) is 3.79. The maximum absolute atomic E-state index is 7.09. The molecule has 0 radical (unpaired) electrons. The number of para-hydroxylation sites is 2. The molecule has 56 heavy (non-hydrogen) atoms. The van der Waals surface area contributed by atoms with Gasteiger partial charge in [-0.25, -0.2) is 0 Å². The molecule has 0 bridgehead atoms. The fourth-order valence-corrected chi connectivity index (χ4v) is 11.0. The molecule has 0 aliphatic carbocycles. The number of benzene rings is 8. The SMILES string of the molecule is Cc1cc2c3c(c1)N(c1ccccc1)c1oc4ccc(C(C)(C)C)cc4c1B3c1cc3sc4c5ccccc5c5ccccc5c4c3cc1N2c1ccccc1. The minimum atomic E-state index is -0.0508. The Kier molecular flexibility index (Phi) is 6.50. The van der Waals surface area contributed by atoms with Gasteiger partial charge in [0.25, 0.3) is 6.71 Å². The first-order valence-corrected chi connectivity index (χ1v) is 20.4. The van der Waals surface area contributed by atoms with Crippen LogP contribution < -0.4 is 26.2 Å². The number of fused-ring (bicyclic) bond motifs is 14. The first kappa shape index (κ1) is 32.0. The molecule has 8 aromatic carbocycles. The van der Waals surface area contributed by atoms with Crippen molar-refractivity contribution in [3.63, 3.8) is 0 Å². The average molecular weight is 737 g/mol. The van der Waals surface area contributed by atoms with Crippen molar-refractivity contribution in [3.8, 4) is 0 Å². The standard InChI is InChI=1S/C51H37BN2OS/c1-30-25-42-48-43(26-30)54(33-17-9-6-10-18-33)50-47(38-27-31(51(2,3)4)23-24-44(38)55-50)52(48)40-29-45-39(28-41(40)53(42)32-15-7-5-8-16-32)46-36-21-13-11-19-34(36)35-20-12-14-22-37(35)49(46)56-45/h5-29H,1-4H3. The lowest BCUT2D eigenvalue weighted by molar-refractivity contribution is 0.589. The molecule has 4 heterocycles. The summed E-state index contributed by atoms with van der Waals surface area (Å²) in [7, 11) is 0. The normalized spacial score (nSPS) is 13.6. The Labute approximate surface area is 330 Å². The number of furan rings is 1. The second-order valence-electron chi connectivity index (χ2n) is 16.6. The van der Waals surface area contributed by atoms with Crippen LogP contribution in [-0.4, -0.2) is 6.71 Å². The number of anilines is 6. The van der Waals surface area contributed by atoms with Crippen LogP contribution in [0.25, 0.3) is 52.7 Å².